The molecule has 1 atom stereocenters. The van der Waals surface area contributed by atoms with Crippen LogP contribution in [0.1, 0.15) is 48.3 Å². The van der Waals surface area contributed by atoms with Crippen LogP contribution < -0.4 is 19.6 Å². The van der Waals surface area contributed by atoms with E-state index in [9.17, 15) is 19.5 Å². The van der Waals surface area contributed by atoms with E-state index in [1.54, 1.807) is 50.3 Å². The lowest BCUT2D eigenvalue weighted by Gasteiger charge is -2.24. The van der Waals surface area contributed by atoms with Crippen molar-refractivity contribution in [2.45, 2.75) is 26.8 Å². The first kappa shape index (κ1) is 24.2. The van der Waals surface area contributed by atoms with Gasteiger partial charge < -0.3 is 14.6 Å². The van der Waals surface area contributed by atoms with Gasteiger partial charge in [-0.2, -0.15) is 0 Å². The molecule has 1 aliphatic heterocycles. The average molecular weight is 493 g/mol. The predicted octanol–water partition coefficient (Wildman–Crippen LogP) is 2.90. The number of aromatic carboxylic acids is 1. The highest BCUT2D eigenvalue weighted by atomic mass is 32.1. The van der Waals surface area contributed by atoms with Crippen molar-refractivity contribution < 1.29 is 24.2 Å². The Morgan fingerprint density at radius 2 is 1.83 bits per heavy atom. The van der Waals surface area contributed by atoms with E-state index in [2.05, 4.69) is 4.99 Å². The molecule has 0 unspecified atom stereocenters. The van der Waals surface area contributed by atoms with Crippen LogP contribution >= 0.6 is 11.3 Å². The summed E-state index contributed by atoms with van der Waals surface area (Å²) in [6.45, 7) is 6.01. The van der Waals surface area contributed by atoms with Crippen LogP contribution in [0, 0.1) is 0 Å². The summed E-state index contributed by atoms with van der Waals surface area (Å²) in [5.74, 6) is -0.956. The number of nitrogens with zero attached hydrogens (tertiary/aromatic N) is 2. The summed E-state index contributed by atoms with van der Waals surface area (Å²) in [5.41, 5.74) is 1.56. The molecule has 0 saturated heterocycles. The molecule has 1 aliphatic rings. The number of carboxylic acid groups (broad SMARTS) is 1. The number of allylic oxidation sites excluding steroid dienone is 1. The fourth-order valence-corrected chi connectivity index (χ4v) is 5.02. The van der Waals surface area contributed by atoms with Gasteiger partial charge in [-0.1, -0.05) is 41.7 Å². The van der Waals surface area contributed by atoms with E-state index in [1.807, 2.05) is 19.1 Å². The Hall–Kier alpha value is -3.98. The second kappa shape index (κ2) is 10.1. The van der Waals surface area contributed by atoms with Gasteiger partial charge in [0.15, 0.2) is 4.80 Å². The molecule has 0 radical (unpaired) electrons. The van der Waals surface area contributed by atoms with Crippen LogP contribution in [0.25, 0.3) is 6.08 Å². The molecular formula is C26H24N2O6S. The first-order valence-electron chi connectivity index (χ1n) is 11.1. The predicted molar refractivity (Wildman–Crippen MR) is 131 cm³/mol. The molecule has 0 aliphatic carbocycles. The first-order valence-corrected chi connectivity index (χ1v) is 11.9. The highest BCUT2D eigenvalue weighted by molar-refractivity contribution is 7.07. The zero-order valence-corrected chi connectivity index (χ0v) is 20.3. The quantitative estimate of drug-likeness (QED) is 0.509. The highest BCUT2D eigenvalue weighted by Crippen LogP contribution is 2.31. The summed E-state index contributed by atoms with van der Waals surface area (Å²) >= 11 is 1.14. The maximum atomic E-state index is 13.6. The number of aromatic nitrogens is 1. The number of carboxylic acids is 1. The lowest BCUT2D eigenvalue weighted by molar-refractivity contribution is -0.139. The Morgan fingerprint density at radius 1 is 1.11 bits per heavy atom. The molecule has 1 aromatic heterocycles. The molecule has 4 rings (SSSR count). The number of hydrogen-bond acceptors (Lipinski definition) is 7. The summed E-state index contributed by atoms with van der Waals surface area (Å²) in [4.78, 5) is 43.2. The summed E-state index contributed by atoms with van der Waals surface area (Å²) in [7, 11) is 0. The van der Waals surface area contributed by atoms with E-state index >= 15 is 0 Å². The largest absolute Gasteiger partial charge is 0.494 e. The van der Waals surface area contributed by atoms with Crippen LogP contribution in [0.5, 0.6) is 5.75 Å². The minimum atomic E-state index is -1.09. The van der Waals surface area contributed by atoms with Gasteiger partial charge in [0.25, 0.3) is 5.56 Å². The van der Waals surface area contributed by atoms with Gasteiger partial charge in [-0.15, -0.1) is 0 Å². The second-order valence-electron chi connectivity index (χ2n) is 7.70. The molecule has 9 heteroatoms. The lowest BCUT2D eigenvalue weighted by atomic mass is 9.96. The Bertz CT molecular complexity index is 1500. The van der Waals surface area contributed by atoms with Crippen molar-refractivity contribution in [1.29, 1.82) is 0 Å². The van der Waals surface area contributed by atoms with Crippen molar-refractivity contribution >= 4 is 29.4 Å². The van der Waals surface area contributed by atoms with Crippen LogP contribution in [0.15, 0.2) is 69.6 Å². The number of fused-ring (bicyclic) bond motifs is 1. The van der Waals surface area contributed by atoms with Crippen molar-refractivity contribution in [2.75, 3.05) is 13.2 Å². The minimum Gasteiger partial charge on any atom is -0.494 e. The first-order chi connectivity index (χ1) is 16.8. The zero-order chi connectivity index (χ0) is 25.1. The molecule has 0 bridgehead atoms. The van der Waals surface area contributed by atoms with E-state index in [4.69, 9.17) is 9.47 Å². The monoisotopic (exact) mass is 492 g/mol. The van der Waals surface area contributed by atoms with Gasteiger partial charge in [0.1, 0.15) is 5.75 Å². The van der Waals surface area contributed by atoms with E-state index in [-0.39, 0.29) is 23.3 Å². The third kappa shape index (κ3) is 4.67. The molecule has 3 aromatic rings. The van der Waals surface area contributed by atoms with Crippen LogP contribution in [-0.4, -0.2) is 34.8 Å². The van der Waals surface area contributed by atoms with Crippen molar-refractivity contribution in [3.63, 3.8) is 0 Å². The molecule has 35 heavy (non-hydrogen) atoms. The molecule has 1 N–H and O–H groups in total. The highest BCUT2D eigenvalue weighted by Gasteiger charge is 2.33. The van der Waals surface area contributed by atoms with Crippen molar-refractivity contribution in [3.05, 3.63) is 96.2 Å². The molecule has 8 nitrogen and oxygen atoms in total. The minimum absolute atomic E-state index is 0.0878. The standard InChI is InChI=1S/C26H24N2O6S/c1-4-33-18-12-10-16(11-13-18)22-21(25(32)34-5-2)15(3)27-26-28(22)23(29)20(35-26)14-17-8-6-7-9-19(17)24(30)31/h6-14,22H,4-5H2,1-3H3,(H,30,31)/b20-14-/t22-/m1/s1. The molecule has 2 aromatic carbocycles. The van der Waals surface area contributed by atoms with Crippen LogP contribution in [-0.2, 0) is 9.53 Å². The van der Waals surface area contributed by atoms with Crippen molar-refractivity contribution in [1.82, 2.24) is 4.57 Å². The summed E-state index contributed by atoms with van der Waals surface area (Å²) in [6.07, 6.45) is 1.55. The molecule has 0 fully saturated rings. The fraction of sp³-hybridized carbons (Fsp3) is 0.231. The lowest BCUT2D eigenvalue weighted by Crippen LogP contribution is -2.39. The average Bonchev–Trinajstić information content (AvgIpc) is 3.13. The van der Waals surface area contributed by atoms with Crippen LogP contribution in [0.2, 0.25) is 0 Å². The number of rotatable bonds is 7. The fourth-order valence-electron chi connectivity index (χ4n) is 3.98. The topological polar surface area (TPSA) is 107 Å². The van der Waals surface area contributed by atoms with Crippen molar-refractivity contribution in [3.8, 4) is 5.75 Å². The number of thiazole rings is 1. The number of hydrogen-bond donors (Lipinski definition) is 1. The van der Waals surface area contributed by atoms with E-state index in [0.717, 1.165) is 11.3 Å². The summed E-state index contributed by atoms with van der Waals surface area (Å²) in [6, 6.07) is 12.9. The third-order valence-electron chi connectivity index (χ3n) is 5.50. The molecule has 2 heterocycles. The third-order valence-corrected chi connectivity index (χ3v) is 6.48. The number of ether oxygens (including phenoxy) is 2. The SMILES string of the molecule is CCOC(=O)C1=C(C)N=c2s/c(=C\c3ccccc3C(=O)O)c(=O)n2[C@@H]1c1ccc(OCC)cc1. The van der Waals surface area contributed by atoms with Gasteiger partial charge in [-0.05, 0) is 56.2 Å². The normalized spacial score (nSPS) is 15.4. The Morgan fingerprint density at radius 3 is 2.49 bits per heavy atom. The van der Waals surface area contributed by atoms with Crippen molar-refractivity contribution in [2.24, 2.45) is 4.99 Å². The van der Waals surface area contributed by atoms with E-state index < -0.39 is 18.0 Å². The number of carbonyl (C=O) groups excluding carboxylic acids is 1. The van der Waals surface area contributed by atoms with Gasteiger partial charge >= 0.3 is 11.9 Å². The van der Waals surface area contributed by atoms with Gasteiger partial charge in [0, 0.05) is 0 Å². The van der Waals surface area contributed by atoms with Gasteiger partial charge in [0.05, 0.1) is 40.6 Å². The summed E-state index contributed by atoms with van der Waals surface area (Å²) < 4.78 is 12.6. The maximum absolute atomic E-state index is 13.6. The van der Waals surface area contributed by atoms with Crippen LogP contribution in [0.3, 0.4) is 0 Å². The Kier molecular flexibility index (Phi) is 6.97. The smallest absolute Gasteiger partial charge is 0.338 e. The Balaban J connectivity index is 1.94. The Labute approximate surface area is 205 Å². The molecule has 0 amide bonds. The van der Waals surface area contributed by atoms with Crippen LogP contribution in [0.4, 0.5) is 0 Å². The zero-order valence-electron chi connectivity index (χ0n) is 19.5. The number of carbonyl (C=O) groups is 2. The van der Waals surface area contributed by atoms with Gasteiger partial charge in [0.2, 0.25) is 0 Å². The molecule has 180 valence electrons. The van der Waals surface area contributed by atoms with E-state index in [0.29, 0.717) is 38.5 Å². The summed E-state index contributed by atoms with van der Waals surface area (Å²) in [5, 5.41) is 9.52. The number of benzene rings is 2. The number of esters is 1. The molecular weight excluding hydrogens is 468 g/mol. The molecule has 0 spiro atoms. The van der Waals surface area contributed by atoms with Gasteiger partial charge in [-0.3, -0.25) is 9.36 Å². The van der Waals surface area contributed by atoms with Gasteiger partial charge in [-0.25, -0.2) is 14.6 Å². The maximum Gasteiger partial charge on any atom is 0.338 e. The van der Waals surface area contributed by atoms with E-state index in [1.165, 1.54) is 10.6 Å². The molecule has 0 saturated carbocycles. The second-order valence-corrected chi connectivity index (χ2v) is 8.71.